The van der Waals surface area contributed by atoms with Crippen molar-refractivity contribution in [1.82, 2.24) is 5.32 Å². The van der Waals surface area contributed by atoms with Crippen molar-refractivity contribution in [2.45, 2.75) is 50.5 Å². The molecule has 5 heteroatoms. The van der Waals surface area contributed by atoms with Gasteiger partial charge in [-0.25, -0.2) is 0 Å². The van der Waals surface area contributed by atoms with Crippen molar-refractivity contribution < 1.29 is 9.90 Å². The van der Waals surface area contributed by atoms with Crippen molar-refractivity contribution >= 4 is 22.4 Å². The number of carbonyl (C=O) groups excluding carboxylic acids is 1. The largest absolute Gasteiger partial charge is 0.376 e. The maximum absolute atomic E-state index is 13.1. The van der Waals surface area contributed by atoms with Crippen LogP contribution in [-0.2, 0) is 17.6 Å². The topological polar surface area (TPSA) is 78.6 Å². The minimum Gasteiger partial charge on any atom is -0.376 e. The zero-order chi connectivity index (χ0) is 20.8. The molecule has 30 heavy (non-hydrogen) atoms. The van der Waals surface area contributed by atoms with Crippen LogP contribution in [0.3, 0.4) is 0 Å². The van der Waals surface area contributed by atoms with Crippen LogP contribution in [0.15, 0.2) is 60.7 Å². The van der Waals surface area contributed by atoms with Gasteiger partial charge < -0.3 is 15.7 Å². The van der Waals surface area contributed by atoms with Gasteiger partial charge in [0.15, 0.2) is 0 Å². The van der Waals surface area contributed by atoms with E-state index in [1.165, 1.54) is 5.39 Å². The van der Waals surface area contributed by atoms with Crippen LogP contribution < -0.4 is 16.0 Å². The zero-order valence-corrected chi connectivity index (χ0v) is 17.1. The van der Waals surface area contributed by atoms with Crippen LogP contribution in [-0.4, -0.2) is 29.3 Å². The molecule has 154 valence electrons. The summed E-state index contributed by atoms with van der Waals surface area (Å²) in [5, 5.41) is 16.9. The lowest BCUT2D eigenvalue weighted by Crippen LogP contribution is -2.55. The fourth-order valence-electron chi connectivity index (χ4n) is 5.03. The highest BCUT2D eigenvalue weighted by atomic mass is 16.3. The molecule has 0 aromatic heterocycles. The number of nitrogens with one attached hydrogen (secondary N) is 1. The van der Waals surface area contributed by atoms with Crippen LogP contribution in [0.5, 0.6) is 0 Å². The Labute approximate surface area is 176 Å². The van der Waals surface area contributed by atoms with E-state index >= 15 is 0 Å². The second-order valence-electron chi connectivity index (χ2n) is 8.45. The maximum Gasteiger partial charge on any atom is 0.244 e. The van der Waals surface area contributed by atoms with E-state index in [4.69, 9.17) is 5.73 Å². The van der Waals surface area contributed by atoms with E-state index in [2.05, 4.69) is 48.6 Å². The van der Waals surface area contributed by atoms with Gasteiger partial charge in [0.05, 0.1) is 17.8 Å². The van der Waals surface area contributed by atoms with Gasteiger partial charge in [0, 0.05) is 6.04 Å². The molecule has 0 aliphatic carbocycles. The first-order valence-electron chi connectivity index (χ1n) is 10.7. The Morgan fingerprint density at radius 2 is 1.80 bits per heavy atom. The third-order valence-electron chi connectivity index (χ3n) is 6.56. The molecule has 0 fully saturated rings. The van der Waals surface area contributed by atoms with Crippen LogP contribution in [0.1, 0.15) is 36.1 Å². The zero-order valence-electron chi connectivity index (χ0n) is 17.1. The fraction of sp³-hybridized carbons (Fsp3) is 0.320. The Balaban J connectivity index is 1.44. The molecule has 4 N–H and O–H groups in total. The SMILES string of the molecule is C[C@@H](NC(O)[C@@H]1Cc2cccc3c2N1C(=O)[C@@H](N)CC3)c1cccc2ccccc12. The Morgan fingerprint density at radius 3 is 2.67 bits per heavy atom. The molecule has 0 spiro atoms. The average molecular weight is 402 g/mol. The number of rotatable bonds is 4. The molecule has 5 rings (SSSR count). The van der Waals surface area contributed by atoms with E-state index in [0.717, 1.165) is 34.2 Å². The van der Waals surface area contributed by atoms with Gasteiger partial charge in [-0.1, -0.05) is 60.7 Å². The van der Waals surface area contributed by atoms with E-state index in [0.29, 0.717) is 12.8 Å². The number of hydrogen-bond acceptors (Lipinski definition) is 4. The second-order valence-corrected chi connectivity index (χ2v) is 8.45. The number of aliphatic hydroxyl groups excluding tert-OH is 1. The molecule has 3 aromatic rings. The third-order valence-corrected chi connectivity index (χ3v) is 6.56. The first kappa shape index (κ1) is 19.2. The molecule has 2 heterocycles. The van der Waals surface area contributed by atoms with Crippen molar-refractivity contribution in [1.29, 1.82) is 0 Å². The molecular weight excluding hydrogens is 374 g/mol. The number of amides is 1. The number of aliphatic hydroxyl groups is 1. The summed E-state index contributed by atoms with van der Waals surface area (Å²) in [5.41, 5.74) is 10.5. The highest BCUT2D eigenvalue weighted by molar-refractivity contribution is 6.01. The second kappa shape index (κ2) is 7.51. The van der Waals surface area contributed by atoms with Crippen LogP contribution in [0.2, 0.25) is 0 Å². The van der Waals surface area contributed by atoms with Crippen molar-refractivity contribution in [3.05, 3.63) is 77.4 Å². The van der Waals surface area contributed by atoms with Gasteiger partial charge in [-0.05, 0) is 53.6 Å². The number of aryl methyl sites for hydroxylation is 1. The van der Waals surface area contributed by atoms with E-state index in [-0.39, 0.29) is 18.0 Å². The minimum absolute atomic E-state index is 0.0787. The predicted octanol–water partition coefficient (Wildman–Crippen LogP) is 3.04. The standard InChI is InChI=1S/C25H27N3O2/c1-15(19-11-5-7-16-6-2-3-10-20(16)19)27-24(29)22-14-18-9-4-8-17-12-13-21(26)25(30)28(22)23(17)18/h2-11,15,21-22,24,27,29H,12-14,26H2,1H3/t15-,21+,22+,24?/m1/s1. The molecular formula is C25H27N3O2. The summed E-state index contributed by atoms with van der Waals surface area (Å²) in [5.74, 6) is -0.0950. The molecule has 0 bridgehead atoms. The van der Waals surface area contributed by atoms with Gasteiger partial charge in [0.25, 0.3) is 0 Å². The molecule has 5 nitrogen and oxygen atoms in total. The van der Waals surface area contributed by atoms with Gasteiger partial charge >= 0.3 is 0 Å². The quantitative estimate of drug-likeness (QED) is 0.587. The highest BCUT2D eigenvalue weighted by Crippen LogP contribution is 2.39. The number of carbonyl (C=O) groups is 1. The molecule has 0 saturated carbocycles. The molecule has 2 aliphatic heterocycles. The molecule has 1 unspecified atom stereocenters. The molecule has 2 aliphatic rings. The van der Waals surface area contributed by atoms with Crippen molar-refractivity contribution in [2.24, 2.45) is 5.73 Å². The predicted molar refractivity (Wildman–Crippen MR) is 119 cm³/mol. The van der Waals surface area contributed by atoms with Crippen LogP contribution in [0, 0.1) is 0 Å². The Bertz CT molecular complexity index is 1110. The minimum atomic E-state index is -0.867. The van der Waals surface area contributed by atoms with Gasteiger partial charge in [0.2, 0.25) is 5.91 Å². The number of benzene rings is 3. The Morgan fingerprint density at radius 1 is 1.07 bits per heavy atom. The lowest BCUT2D eigenvalue weighted by molar-refractivity contribution is -0.120. The van der Waals surface area contributed by atoms with Gasteiger partial charge in [-0.15, -0.1) is 0 Å². The number of nitrogens with two attached hydrogens (primary N) is 1. The molecule has 4 atom stereocenters. The Hall–Kier alpha value is -2.73. The van der Waals surface area contributed by atoms with Crippen molar-refractivity contribution in [3.8, 4) is 0 Å². The monoisotopic (exact) mass is 401 g/mol. The van der Waals surface area contributed by atoms with E-state index < -0.39 is 12.3 Å². The summed E-state index contributed by atoms with van der Waals surface area (Å²) >= 11 is 0. The molecule has 0 radical (unpaired) electrons. The van der Waals surface area contributed by atoms with Crippen LogP contribution >= 0.6 is 0 Å². The van der Waals surface area contributed by atoms with Crippen LogP contribution in [0.4, 0.5) is 5.69 Å². The summed E-state index contributed by atoms with van der Waals surface area (Å²) in [4.78, 5) is 14.8. The van der Waals surface area contributed by atoms with E-state index in [1.54, 1.807) is 4.90 Å². The normalized spacial score (nSPS) is 22.6. The number of anilines is 1. The third kappa shape index (κ3) is 3.10. The maximum atomic E-state index is 13.1. The van der Waals surface area contributed by atoms with E-state index in [1.807, 2.05) is 24.3 Å². The molecule has 0 saturated heterocycles. The highest BCUT2D eigenvalue weighted by Gasteiger charge is 2.42. The molecule has 3 aromatic carbocycles. The number of nitrogens with zero attached hydrogens (tertiary/aromatic N) is 1. The number of fused-ring (bicyclic) bond motifs is 1. The number of hydrogen-bond donors (Lipinski definition) is 3. The first-order valence-corrected chi connectivity index (χ1v) is 10.7. The summed E-state index contributed by atoms with van der Waals surface area (Å²) in [6.07, 6.45) is 1.18. The smallest absolute Gasteiger partial charge is 0.244 e. The average Bonchev–Trinajstić information content (AvgIpc) is 3.11. The summed E-state index contributed by atoms with van der Waals surface area (Å²) in [6, 6.07) is 19.6. The van der Waals surface area contributed by atoms with Crippen LogP contribution in [0.25, 0.3) is 10.8 Å². The van der Waals surface area contributed by atoms with Gasteiger partial charge in [-0.3, -0.25) is 10.1 Å². The lowest BCUT2D eigenvalue weighted by atomic mass is 9.98. The van der Waals surface area contributed by atoms with Gasteiger partial charge in [-0.2, -0.15) is 0 Å². The summed E-state index contributed by atoms with van der Waals surface area (Å²) < 4.78 is 0. The molecule has 1 amide bonds. The summed E-state index contributed by atoms with van der Waals surface area (Å²) in [6.45, 7) is 2.05. The first-order chi connectivity index (χ1) is 14.5. The summed E-state index contributed by atoms with van der Waals surface area (Å²) in [7, 11) is 0. The fourth-order valence-corrected chi connectivity index (χ4v) is 5.03. The van der Waals surface area contributed by atoms with Crippen molar-refractivity contribution in [3.63, 3.8) is 0 Å². The van der Waals surface area contributed by atoms with Gasteiger partial charge in [0.1, 0.15) is 6.23 Å². The number of para-hydroxylation sites is 1. The lowest BCUT2D eigenvalue weighted by Gasteiger charge is -2.32. The van der Waals surface area contributed by atoms with E-state index in [9.17, 15) is 9.90 Å². The Kier molecular flexibility index (Phi) is 4.82. The van der Waals surface area contributed by atoms with Crippen molar-refractivity contribution in [2.75, 3.05) is 4.90 Å².